The van der Waals surface area contributed by atoms with Gasteiger partial charge in [0.15, 0.2) is 6.61 Å². The molecule has 0 saturated heterocycles. The molecule has 136 valence electrons. The lowest BCUT2D eigenvalue weighted by molar-refractivity contribution is 0.0883. The second kappa shape index (κ2) is 8.11. The van der Waals surface area contributed by atoms with E-state index < -0.39 is 5.54 Å². The molecule has 1 atom stereocenters. The molecule has 7 nitrogen and oxygen atoms in total. The monoisotopic (exact) mass is 346 g/mol. The van der Waals surface area contributed by atoms with E-state index in [0.29, 0.717) is 36.0 Å². The maximum absolute atomic E-state index is 12.4. The van der Waals surface area contributed by atoms with Gasteiger partial charge in [-0.25, -0.2) is 0 Å². The Morgan fingerprint density at radius 1 is 1.36 bits per heavy atom. The summed E-state index contributed by atoms with van der Waals surface area (Å²) in [5.74, 6) is 1.78. The molecule has 0 aliphatic carbocycles. The van der Waals surface area contributed by atoms with Gasteiger partial charge in [0, 0.05) is 18.5 Å². The fraction of sp³-hybridized carbons (Fsp3) is 0.500. The molecular formula is C18H26N4O3. The third-order valence-corrected chi connectivity index (χ3v) is 4.39. The minimum absolute atomic E-state index is 0.154. The molecule has 0 fully saturated rings. The van der Waals surface area contributed by atoms with Crippen molar-refractivity contribution in [2.45, 2.75) is 46.3 Å². The highest BCUT2D eigenvalue weighted by Crippen LogP contribution is 2.18. The Hall–Kier alpha value is -2.41. The van der Waals surface area contributed by atoms with Gasteiger partial charge in [0.05, 0.1) is 5.54 Å². The summed E-state index contributed by atoms with van der Waals surface area (Å²) in [4.78, 5) is 16.6. The van der Waals surface area contributed by atoms with Gasteiger partial charge in [0.2, 0.25) is 11.7 Å². The van der Waals surface area contributed by atoms with Crippen molar-refractivity contribution in [3.05, 3.63) is 41.5 Å². The van der Waals surface area contributed by atoms with E-state index >= 15 is 0 Å². The van der Waals surface area contributed by atoms with Crippen LogP contribution in [0.4, 0.5) is 0 Å². The Kier molecular flexibility index (Phi) is 6.14. The SMILES string of the molecule is CCc1nc(COc2ccc(C(=O)NC(C)(CN)C(C)C)cc2)no1. The summed E-state index contributed by atoms with van der Waals surface area (Å²) < 4.78 is 10.6. The number of nitrogens with one attached hydrogen (secondary N) is 1. The zero-order valence-electron chi connectivity index (χ0n) is 15.2. The maximum Gasteiger partial charge on any atom is 0.251 e. The zero-order valence-corrected chi connectivity index (χ0v) is 15.2. The molecule has 0 aliphatic rings. The van der Waals surface area contributed by atoms with Crippen molar-refractivity contribution >= 4 is 5.91 Å². The number of carbonyl (C=O) groups is 1. The normalized spacial score (nSPS) is 13.5. The number of hydrogen-bond acceptors (Lipinski definition) is 6. The van der Waals surface area contributed by atoms with Crippen LogP contribution < -0.4 is 15.8 Å². The van der Waals surface area contributed by atoms with Gasteiger partial charge in [-0.2, -0.15) is 4.98 Å². The first-order valence-electron chi connectivity index (χ1n) is 8.45. The Morgan fingerprint density at radius 3 is 2.56 bits per heavy atom. The van der Waals surface area contributed by atoms with Crippen molar-refractivity contribution in [1.82, 2.24) is 15.5 Å². The number of amides is 1. The predicted octanol–water partition coefficient (Wildman–Crippen LogP) is 2.31. The van der Waals surface area contributed by atoms with E-state index in [0.717, 1.165) is 0 Å². The van der Waals surface area contributed by atoms with E-state index in [1.807, 2.05) is 27.7 Å². The van der Waals surface area contributed by atoms with Crippen LogP contribution in [-0.4, -0.2) is 28.1 Å². The minimum atomic E-state index is -0.443. The average Bonchev–Trinajstić information content (AvgIpc) is 3.08. The summed E-state index contributed by atoms with van der Waals surface area (Å²) in [6.45, 7) is 8.55. The maximum atomic E-state index is 12.4. The van der Waals surface area contributed by atoms with Crippen LogP contribution in [0.5, 0.6) is 5.75 Å². The highest BCUT2D eigenvalue weighted by Gasteiger charge is 2.28. The minimum Gasteiger partial charge on any atom is -0.485 e. The molecule has 0 radical (unpaired) electrons. The summed E-state index contributed by atoms with van der Waals surface area (Å²) in [7, 11) is 0. The number of aryl methyl sites for hydroxylation is 1. The van der Waals surface area contributed by atoms with Crippen LogP contribution in [-0.2, 0) is 13.0 Å². The van der Waals surface area contributed by atoms with Crippen LogP contribution in [0.1, 0.15) is 49.8 Å². The summed E-state index contributed by atoms with van der Waals surface area (Å²) in [5, 5.41) is 6.84. The van der Waals surface area contributed by atoms with Crippen molar-refractivity contribution in [2.24, 2.45) is 11.7 Å². The lowest BCUT2D eigenvalue weighted by atomic mass is 9.88. The van der Waals surface area contributed by atoms with Crippen LogP contribution in [0.25, 0.3) is 0 Å². The van der Waals surface area contributed by atoms with Gasteiger partial charge in [-0.05, 0) is 37.1 Å². The van der Waals surface area contributed by atoms with Gasteiger partial charge < -0.3 is 20.3 Å². The molecule has 1 aromatic carbocycles. The average molecular weight is 346 g/mol. The summed E-state index contributed by atoms with van der Waals surface area (Å²) in [6, 6.07) is 6.92. The number of rotatable bonds is 8. The molecule has 2 aromatic rings. The molecule has 1 amide bonds. The largest absolute Gasteiger partial charge is 0.485 e. The van der Waals surface area contributed by atoms with E-state index in [9.17, 15) is 4.79 Å². The van der Waals surface area contributed by atoms with Gasteiger partial charge in [-0.1, -0.05) is 25.9 Å². The van der Waals surface area contributed by atoms with E-state index in [2.05, 4.69) is 15.5 Å². The topological polar surface area (TPSA) is 103 Å². The van der Waals surface area contributed by atoms with Crippen molar-refractivity contribution in [1.29, 1.82) is 0 Å². The molecule has 0 aliphatic heterocycles. The molecule has 1 aromatic heterocycles. The molecule has 0 spiro atoms. The number of benzene rings is 1. The summed E-state index contributed by atoms with van der Waals surface area (Å²) in [6.07, 6.45) is 0.689. The van der Waals surface area contributed by atoms with Gasteiger partial charge in [-0.15, -0.1) is 0 Å². The van der Waals surface area contributed by atoms with Crippen molar-refractivity contribution < 1.29 is 14.1 Å². The first kappa shape index (κ1) is 18.9. The van der Waals surface area contributed by atoms with Crippen molar-refractivity contribution in [3.8, 4) is 5.75 Å². The molecule has 3 N–H and O–H groups in total. The zero-order chi connectivity index (χ0) is 18.4. The van der Waals surface area contributed by atoms with Gasteiger partial charge >= 0.3 is 0 Å². The quantitative estimate of drug-likeness (QED) is 0.760. The molecule has 25 heavy (non-hydrogen) atoms. The van der Waals surface area contributed by atoms with E-state index in [1.54, 1.807) is 24.3 Å². The molecule has 1 heterocycles. The van der Waals surface area contributed by atoms with Crippen LogP contribution in [0, 0.1) is 5.92 Å². The highest BCUT2D eigenvalue weighted by molar-refractivity contribution is 5.94. The third kappa shape index (κ3) is 4.79. The second-order valence-corrected chi connectivity index (χ2v) is 6.50. The Labute approximate surface area is 147 Å². The smallest absolute Gasteiger partial charge is 0.251 e. The van der Waals surface area contributed by atoms with Gasteiger partial charge in [0.25, 0.3) is 5.91 Å². The fourth-order valence-electron chi connectivity index (χ4n) is 2.11. The Balaban J connectivity index is 1.95. The molecule has 7 heteroatoms. The second-order valence-electron chi connectivity index (χ2n) is 6.50. The predicted molar refractivity (Wildman–Crippen MR) is 94.2 cm³/mol. The van der Waals surface area contributed by atoms with Crippen molar-refractivity contribution in [3.63, 3.8) is 0 Å². The Morgan fingerprint density at radius 2 is 2.04 bits per heavy atom. The number of carbonyl (C=O) groups excluding carboxylic acids is 1. The molecule has 0 saturated carbocycles. The van der Waals surface area contributed by atoms with Crippen LogP contribution in [0.3, 0.4) is 0 Å². The Bertz CT molecular complexity index is 697. The molecule has 2 rings (SSSR count). The summed E-state index contributed by atoms with van der Waals surface area (Å²) >= 11 is 0. The van der Waals surface area contributed by atoms with Crippen LogP contribution in [0.2, 0.25) is 0 Å². The number of nitrogens with two attached hydrogens (primary N) is 1. The number of ether oxygens (including phenoxy) is 1. The highest BCUT2D eigenvalue weighted by atomic mass is 16.5. The van der Waals surface area contributed by atoms with Gasteiger partial charge in [0.1, 0.15) is 5.75 Å². The van der Waals surface area contributed by atoms with Crippen molar-refractivity contribution in [2.75, 3.05) is 6.54 Å². The first-order chi connectivity index (χ1) is 11.9. The van der Waals surface area contributed by atoms with E-state index in [4.69, 9.17) is 15.0 Å². The molecular weight excluding hydrogens is 320 g/mol. The number of nitrogens with zero attached hydrogens (tertiary/aromatic N) is 2. The van der Waals surface area contributed by atoms with Gasteiger partial charge in [-0.3, -0.25) is 4.79 Å². The van der Waals surface area contributed by atoms with E-state index in [-0.39, 0.29) is 18.4 Å². The number of aromatic nitrogens is 2. The lowest BCUT2D eigenvalue weighted by Gasteiger charge is -2.33. The molecule has 1 unspecified atom stereocenters. The third-order valence-electron chi connectivity index (χ3n) is 4.39. The lowest BCUT2D eigenvalue weighted by Crippen LogP contribution is -2.55. The number of hydrogen-bond donors (Lipinski definition) is 2. The van der Waals surface area contributed by atoms with E-state index in [1.165, 1.54) is 0 Å². The standard InChI is InChI=1S/C18H26N4O3/c1-5-16-20-15(22-25-16)10-24-14-8-6-13(7-9-14)17(23)21-18(4,11-19)12(2)3/h6-9,12H,5,10-11,19H2,1-4H3,(H,21,23). The molecule has 0 bridgehead atoms. The van der Waals surface area contributed by atoms with Crippen LogP contribution in [0.15, 0.2) is 28.8 Å². The summed E-state index contributed by atoms with van der Waals surface area (Å²) in [5.41, 5.74) is 5.92. The fourth-order valence-corrected chi connectivity index (χ4v) is 2.11. The first-order valence-corrected chi connectivity index (χ1v) is 8.45. The van der Waals surface area contributed by atoms with Crippen LogP contribution >= 0.6 is 0 Å².